The van der Waals surface area contributed by atoms with Crippen LogP contribution in [0.25, 0.3) is 209 Å². The summed E-state index contributed by atoms with van der Waals surface area (Å²) >= 11 is 1.87. The summed E-state index contributed by atoms with van der Waals surface area (Å²) in [5.74, 6) is 1.91. The number of nitrogens with zero attached hydrogens (tertiary/aromatic N) is 5. The van der Waals surface area contributed by atoms with Crippen molar-refractivity contribution in [2.75, 3.05) is 7.11 Å². The lowest BCUT2D eigenvalue weighted by Gasteiger charge is -2.12. The highest BCUT2D eigenvalue weighted by atomic mass is 32.1. The van der Waals surface area contributed by atoms with E-state index in [-0.39, 0.29) is 0 Å². The van der Waals surface area contributed by atoms with E-state index in [2.05, 4.69) is 363 Å². The number of para-hydroxylation sites is 2. The molecule has 22 rings (SSSR count). The Hall–Kier alpha value is -14.8. The molecule has 6 aromatic heterocycles. The molecule has 0 fully saturated rings. The number of hydrogen-bond donors (Lipinski definition) is 0. The third-order valence-corrected chi connectivity index (χ3v) is 24.2. The van der Waals surface area contributed by atoms with Gasteiger partial charge in [-0.1, -0.05) is 305 Å². The van der Waals surface area contributed by atoms with Gasteiger partial charge in [0.25, 0.3) is 0 Å². The van der Waals surface area contributed by atoms with Gasteiger partial charge in [0.05, 0.1) is 52.0 Å². The van der Waals surface area contributed by atoms with Gasteiger partial charge in [0.15, 0.2) is 5.82 Å². The van der Waals surface area contributed by atoms with Gasteiger partial charge in [-0.3, -0.25) is 0 Å². The largest absolute Gasteiger partial charge is 0.497 e. The second-order valence-electron chi connectivity index (χ2n) is 30.3. The molecule has 0 aliphatic carbocycles. The Bertz CT molecular complexity index is 7400. The van der Waals surface area contributed by atoms with Crippen LogP contribution in [0.4, 0.5) is 0 Å². The van der Waals surface area contributed by atoms with E-state index in [1.165, 1.54) is 80.6 Å². The van der Waals surface area contributed by atoms with Crippen molar-refractivity contribution in [1.29, 1.82) is 0 Å². The number of hydrogen-bond acceptors (Lipinski definition) is 6. The van der Waals surface area contributed by atoms with E-state index in [1.807, 2.05) is 65.9 Å². The van der Waals surface area contributed by atoms with Crippen LogP contribution in [0.1, 0.15) is 25.3 Å². The van der Waals surface area contributed by atoms with Crippen molar-refractivity contribution >= 4 is 97.1 Å². The van der Waals surface area contributed by atoms with E-state index in [9.17, 15) is 0 Å². The van der Waals surface area contributed by atoms with E-state index < -0.39 is 0 Å². The predicted octanol–water partition coefficient (Wildman–Crippen LogP) is 29.8. The first kappa shape index (κ1) is 70.1. The minimum absolute atomic E-state index is 0.363. The number of methoxy groups -OCH3 is 1. The SMILES string of the molecule is CC(C)c1cccc2c1c1cc(-c3ccc(-c4cc(-c5ccccc5)nc(-c5ccccc5)n4)cc3)ccc1n2-c1ccc(-c2cccc3c2oc2ccccc23)cc1.COc1ccc2c3cc(-c4ccc(-c5cc(-c6ccccc6)cc(-c6ccccc6)n5)cc4)ccc3n(-c3ccc(-c4cccc5c4sc4ccccc45)cc3)c2c1. The van der Waals surface area contributed by atoms with Crippen LogP contribution in [-0.2, 0) is 0 Å². The van der Waals surface area contributed by atoms with Crippen LogP contribution < -0.4 is 4.74 Å². The van der Waals surface area contributed by atoms with E-state index in [0.717, 1.165) is 134 Å². The van der Waals surface area contributed by atoms with Crippen molar-refractivity contribution in [3.05, 3.63) is 400 Å². The van der Waals surface area contributed by atoms with Crippen molar-refractivity contribution in [2.24, 2.45) is 0 Å². The third kappa shape index (κ3) is 12.9. The van der Waals surface area contributed by atoms with E-state index in [4.69, 9.17) is 24.1 Å². The van der Waals surface area contributed by atoms with Gasteiger partial charge in [-0.05, 0) is 159 Å². The summed E-state index contributed by atoms with van der Waals surface area (Å²) in [6.07, 6.45) is 0. The Labute approximate surface area is 681 Å². The molecule has 6 heterocycles. The lowest BCUT2D eigenvalue weighted by Crippen LogP contribution is -1.95. The van der Waals surface area contributed by atoms with Gasteiger partial charge in [0, 0.05) is 103 Å². The smallest absolute Gasteiger partial charge is 0.160 e. The first-order chi connectivity index (χ1) is 57.7. The maximum Gasteiger partial charge on any atom is 0.160 e. The first-order valence-electron chi connectivity index (χ1n) is 39.8. The zero-order valence-electron chi connectivity index (χ0n) is 64.6. The van der Waals surface area contributed by atoms with Crippen molar-refractivity contribution in [1.82, 2.24) is 24.1 Å². The Balaban J connectivity index is 0.000000146. The molecule has 22 aromatic rings. The highest BCUT2D eigenvalue weighted by Crippen LogP contribution is 2.45. The summed E-state index contributed by atoms with van der Waals surface area (Å²) in [7, 11) is 1.73. The second kappa shape index (κ2) is 29.6. The fourth-order valence-corrected chi connectivity index (χ4v) is 18.4. The predicted molar refractivity (Wildman–Crippen MR) is 490 cm³/mol. The molecule has 0 spiro atoms. The standard InChI is InChI=1S/C55H39N3O.C54H36N2OS/c1-35(2)43-18-12-21-51-53(43)47-33-41(36-23-25-39(26-24-36)49-34-48(38-13-5-3-6-14-38)56-55(57-49)40-15-7-4-8-16-40)29-32-50(47)58(51)42-30-27-37(28-31-42)44-19-11-20-46-45-17-9-10-22-52(45)59-54(44)46;1-57-43-28-29-45-48-31-40(36-19-21-39(22-20-36)50-33-41(35-11-4-2-5-12-35)32-49(55-50)38-13-6-3-7-14-38)25-30-51(48)56(52(45)34-43)42-26-23-37(24-27-42)44-16-10-17-47-46-15-8-9-18-53(46)58-54(44)47/h3-35H,1-2H3;2-34H,1H3. The average molecular weight is 1520 g/mol. The quantitative estimate of drug-likeness (QED) is 0.108. The molecule has 0 unspecified atom stereocenters. The molecule has 0 atom stereocenters. The zero-order valence-corrected chi connectivity index (χ0v) is 65.4. The monoisotopic (exact) mass is 1520 g/mol. The van der Waals surface area contributed by atoms with Crippen LogP contribution in [0.15, 0.2) is 399 Å². The molecular formula is C109H75N5O2S. The summed E-state index contributed by atoms with van der Waals surface area (Å²) in [5, 5.41) is 9.84. The molecule has 7 nitrogen and oxygen atoms in total. The van der Waals surface area contributed by atoms with Crippen molar-refractivity contribution < 1.29 is 9.15 Å². The molecule has 0 bridgehead atoms. The molecule has 0 amide bonds. The van der Waals surface area contributed by atoms with Crippen molar-refractivity contribution in [3.63, 3.8) is 0 Å². The van der Waals surface area contributed by atoms with E-state index in [1.54, 1.807) is 7.11 Å². The van der Waals surface area contributed by atoms with Crippen LogP contribution in [0, 0.1) is 0 Å². The van der Waals surface area contributed by atoms with Gasteiger partial charge in [-0.2, -0.15) is 0 Å². The van der Waals surface area contributed by atoms with Gasteiger partial charge in [0.2, 0.25) is 0 Å². The molecular weight excluding hydrogens is 1440 g/mol. The summed E-state index contributed by atoms with van der Waals surface area (Å²) in [4.78, 5) is 15.2. The molecule has 0 aliphatic heterocycles. The maximum absolute atomic E-state index is 6.40. The summed E-state index contributed by atoms with van der Waals surface area (Å²) in [6, 6.07) is 140. The van der Waals surface area contributed by atoms with Crippen LogP contribution in [0.5, 0.6) is 5.75 Å². The fraction of sp³-hybridized carbons (Fsp3) is 0.0367. The van der Waals surface area contributed by atoms with Gasteiger partial charge in [-0.15, -0.1) is 11.3 Å². The van der Waals surface area contributed by atoms with Gasteiger partial charge in [-0.25, -0.2) is 15.0 Å². The van der Waals surface area contributed by atoms with Crippen molar-refractivity contribution in [2.45, 2.75) is 19.8 Å². The Morgan fingerprint density at radius 3 is 1.37 bits per heavy atom. The van der Waals surface area contributed by atoms with Crippen LogP contribution >= 0.6 is 11.3 Å². The number of ether oxygens (including phenoxy) is 1. The molecule has 0 saturated carbocycles. The molecule has 117 heavy (non-hydrogen) atoms. The minimum atomic E-state index is 0.363. The first-order valence-corrected chi connectivity index (χ1v) is 40.6. The van der Waals surface area contributed by atoms with Crippen LogP contribution in [0.2, 0.25) is 0 Å². The average Bonchev–Trinajstić information content (AvgIpc) is 1.58. The second-order valence-corrected chi connectivity index (χ2v) is 31.3. The lowest BCUT2D eigenvalue weighted by molar-refractivity contribution is 0.415. The maximum atomic E-state index is 6.40. The topological polar surface area (TPSA) is 70.9 Å². The molecule has 0 radical (unpaired) electrons. The number of furan rings is 1. The molecule has 0 aliphatic rings. The normalized spacial score (nSPS) is 11.6. The number of aromatic nitrogens is 5. The molecule has 0 saturated heterocycles. The number of thiophene rings is 1. The molecule has 554 valence electrons. The van der Waals surface area contributed by atoms with Crippen molar-refractivity contribution in [3.8, 4) is 129 Å². The highest BCUT2D eigenvalue weighted by molar-refractivity contribution is 7.26. The molecule has 0 N–H and O–H groups in total. The van der Waals surface area contributed by atoms with Crippen LogP contribution in [0.3, 0.4) is 0 Å². The fourth-order valence-electron chi connectivity index (χ4n) is 17.1. The number of fused-ring (bicyclic) bond motifs is 12. The summed E-state index contributed by atoms with van der Waals surface area (Å²) in [5.41, 5.74) is 30.7. The Morgan fingerprint density at radius 1 is 0.291 bits per heavy atom. The van der Waals surface area contributed by atoms with Gasteiger partial charge >= 0.3 is 0 Å². The van der Waals surface area contributed by atoms with Crippen LogP contribution in [-0.4, -0.2) is 31.2 Å². The zero-order chi connectivity index (χ0) is 78.0. The highest BCUT2D eigenvalue weighted by Gasteiger charge is 2.22. The summed E-state index contributed by atoms with van der Waals surface area (Å²) < 4.78 is 19.6. The molecule has 8 heteroatoms. The minimum Gasteiger partial charge on any atom is -0.497 e. The Kier molecular flexibility index (Phi) is 17.7. The van der Waals surface area contributed by atoms with E-state index in [0.29, 0.717) is 11.7 Å². The number of pyridine rings is 1. The Morgan fingerprint density at radius 2 is 0.752 bits per heavy atom. The molecule has 16 aromatic carbocycles. The van der Waals surface area contributed by atoms with Gasteiger partial charge in [0.1, 0.15) is 16.9 Å². The lowest BCUT2D eigenvalue weighted by atomic mass is 9.95. The van der Waals surface area contributed by atoms with E-state index >= 15 is 0 Å². The summed E-state index contributed by atoms with van der Waals surface area (Å²) in [6.45, 7) is 4.57. The van der Waals surface area contributed by atoms with Gasteiger partial charge < -0.3 is 18.3 Å². The third-order valence-electron chi connectivity index (χ3n) is 23.0. The number of rotatable bonds is 14. The number of benzene rings is 16.